The number of nitrogens with one attached hydrogen (secondary N) is 1. The van der Waals surface area contributed by atoms with Crippen LogP contribution < -0.4 is 5.32 Å². The van der Waals surface area contributed by atoms with Crippen molar-refractivity contribution in [3.8, 4) is 6.07 Å². The third-order valence-corrected chi connectivity index (χ3v) is 5.36. The normalized spacial score (nSPS) is 16.6. The lowest BCUT2D eigenvalue weighted by atomic mass is 10.0. The number of fused-ring (bicyclic) bond motifs is 1. The molecule has 1 N–H and O–H groups in total. The lowest BCUT2D eigenvalue weighted by Gasteiger charge is -2.21. The number of hydrogen-bond acceptors (Lipinski definition) is 5. The van der Waals surface area contributed by atoms with E-state index in [2.05, 4.69) is 21.6 Å². The van der Waals surface area contributed by atoms with Gasteiger partial charge >= 0.3 is 6.18 Å². The standard InChI is InChI=1S/C15H13ClF3N5OS/c16-10-5-9(15(17,18)19)6-24-12(10)22-23-13(24)26-7-11(25)21-14(8-20)3-1-2-4-14/h5-6H,1-4,7H2,(H,21,25). The number of rotatable bonds is 4. The predicted molar refractivity (Wildman–Crippen MR) is 88.7 cm³/mol. The Kier molecular flexibility index (Phi) is 5.03. The van der Waals surface area contributed by atoms with E-state index < -0.39 is 17.3 Å². The first-order chi connectivity index (χ1) is 12.2. The summed E-state index contributed by atoms with van der Waals surface area (Å²) in [5.41, 5.74) is -1.71. The van der Waals surface area contributed by atoms with Crippen LogP contribution in [0.4, 0.5) is 13.2 Å². The van der Waals surface area contributed by atoms with Crippen LogP contribution in [0.5, 0.6) is 0 Å². The van der Waals surface area contributed by atoms with Gasteiger partial charge in [-0.1, -0.05) is 23.4 Å². The Morgan fingerprint density at radius 3 is 2.73 bits per heavy atom. The Balaban J connectivity index is 1.76. The molecule has 2 aromatic heterocycles. The van der Waals surface area contributed by atoms with Crippen LogP contribution in [-0.2, 0) is 11.0 Å². The molecule has 138 valence electrons. The number of alkyl halides is 3. The summed E-state index contributed by atoms with van der Waals surface area (Å²) in [5.74, 6) is -0.480. The summed E-state index contributed by atoms with van der Waals surface area (Å²) in [7, 11) is 0. The second-order valence-corrected chi connectivity index (χ2v) is 7.34. The van der Waals surface area contributed by atoms with Gasteiger partial charge in [0.05, 0.1) is 22.4 Å². The van der Waals surface area contributed by atoms with Crippen LogP contribution in [0.25, 0.3) is 5.65 Å². The Labute approximate surface area is 155 Å². The van der Waals surface area contributed by atoms with Crippen molar-refractivity contribution in [1.82, 2.24) is 19.9 Å². The molecular formula is C15H13ClF3N5OS. The van der Waals surface area contributed by atoms with Gasteiger partial charge in [-0.2, -0.15) is 18.4 Å². The minimum absolute atomic E-state index is 0.0758. The van der Waals surface area contributed by atoms with Gasteiger partial charge in [-0.3, -0.25) is 9.20 Å². The van der Waals surface area contributed by atoms with E-state index in [9.17, 15) is 23.2 Å². The Hall–Kier alpha value is -1.99. The Morgan fingerprint density at radius 2 is 2.12 bits per heavy atom. The zero-order valence-electron chi connectivity index (χ0n) is 13.3. The van der Waals surface area contributed by atoms with E-state index in [1.54, 1.807) is 0 Å². The van der Waals surface area contributed by atoms with Gasteiger partial charge < -0.3 is 5.32 Å². The number of halogens is 4. The third-order valence-electron chi connectivity index (χ3n) is 4.14. The summed E-state index contributed by atoms with van der Waals surface area (Å²) >= 11 is 6.77. The molecule has 2 heterocycles. The number of carbonyl (C=O) groups is 1. The second-order valence-electron chi connectivity index (χ2n) is 5.99. The number of carbonyl (C=O) groups excluding carboxylic acids is 1. The van der Waals surface area contributed by atoms with Gasteiger partial charge in [0.25, 0.3) is 0 Å². The molecule has 26 heavy (non-hydrogen) atoms. The highest BCUT2D eigenvalue weighted by Crippen LogP contribution is 2.33. The van der Waals surface area contributed by atoms with Gasteiger partial charge in [0, 0.05) is 6.20 Å². The fourth-order valence-electron chi connectivity index (χ4n) is 2.86. The Morgan fingerprint density at radius 1 is 1.42 bits per heavy atom. The molecule has 0 atom stereocenters. The SMILES string of the molecule is N#CC1(NC(=O)CSc2nnc3c(Cl)cc(C(F)(F)F)cn23)CCCC1. The largest absolute Gasteiger partial charge is 0.417 e. The first-order valence-electron chi connectivity index (χ1n) is 7.71. The maximum Gasteiger partial charge on any atom is 0.417 e. The highest BCUT2D eigenvalue weighted by Gasteiger charge is 2.35. The van der Waals surface area contributed by atoms with E-state index in [-0.39, 0.29) is 27.5 Å². The molecule has 0 bridgehead atoms. The van der Waals surface area contributed by atoms with E-state index >= 15 is 0 Å². The molecule has 0 aliphatic heterocycles. The monoisotopic (exact) mass is 403 g/mol. The maximum atomic E-state index is 12.9. The molecule has 6 nitrogen and oxygen atoms in total. The van der Waals surface area contributed by atoms with Crippen molar-refractivity contribution in [3.05, 3.63) is 22.8 Å². The maximum absolute atomic E-state index is 12.9. The van der Waals surface area contributed by atoms with E-state index in [4.69, 9.17) is 11.6 Å². The zero-order valence-corrected chi connectivity index (χ0v) is 14.9. The quantitative estimate of drug-likeness (QED) is 0.790. The van der Waals surface area contributed by atoms with Crippen LogP contribution in [0.2, 0.25) is 5.02 Å². The highest BCUT2D eigenvalue weighted by molar-refractivity contribution is 7.99. The Bertz CT molecular complexity index is 886. The molecule has 1 saturated carbocycles. The van der Waals surface area contributed by atoms with Crippen molar-refractivity contribution in [1.29, 1.82) is 5.26 Å². The van der Waals surface area contributed by atoms with Crippen molar-refractivity contribution in [3.63, 3.8) is 0 Å². The molecule has 1 aliphatic rings. The molecule has 2 aromatic rings. The summed E-state index contributed by atoms with van der Waals surface area (Å²) in [5, 5.41) is 19.5. The molecule has 1 amide bonds. The number of thioether (sulfide) groups is 1. The summed E-state index contributed by atoms with van der Waals surface area (Å²) in [6.07, 6.45) is -0.794. The van der Waals surface area contributed by atoms with E-state index in [0.29, 0.717) is 12.8 Å². The van der Waals surface area contributed by atoms with Crippen molar-refractivity contribution in [2.24, 2.45) is 0 Å². The van der Waals surface area contributed by atoms with Crippen molar-refractivity contribution >= 4 is 34.9 Å². The number of nitriles is 1. The average molecular weight is 404 g/mol. The van der Waals surface area contributed by atoms with Gasteiger partial charge in [-0.15, -0.1) is 10.2 Å². The molecule has 1 aliphatic carbocycles. The van der Waals surface area contributed by atoms with E-state index in [1.807, 2.05) is 0 Å². The van der Waals surface area contributed by atoms with Gasteiger partial charge in [-0.25, -0.2) is 0 Å². The van der Waals surface area contributed by atoms with Crippen LogP contribution in [0.15, 0.2) is 17.4 Å². The average Bonchev–Trinajstić information content (AvgIpc) is 3.20. The topological polar surface area (TPSA) is 83.1 Å². The smallest absolute Gasteiger partial charge is 0.337 e. The van der Waals surface area contributed by atoms with Crippen LogP contribution in [0, 0.1) is 11.3 Å². The van der Waals surface area contributed by atoms with E-state index in [0.717, 1.165) is 41.3 Å². The number of pyridine rings is 1. The number of amides is 1. The molecule has 3 rings (SSSR count). The summed E-state index contributed by atoms with van der Waals surface area (Å²) in [6, 6.07) is 2.93. The molecule has 0 spiro atoms. The lowest BCUT2D eigenvalue weighted by Crippen LogP contribution is -2.45. The summed E-state index contributed by atoms with van der Waals surface area (Å²) < 4.78 is 39.9. The van der Waals surface area contributed by atoms with Crippen LogP contribution in [-0.4, -0.2) is 31.8 Å². The zero-order chi connectivity index (χ0) is 18.9. The highest BCUT2D eigenvalue weighted by atomic mass is 35.5. The first-order valence-corrected chi connectivity index (χ1v) is 9.07. The van der Waals surface area contributed by atoms with Gasteiger partial charge in [0.2, 0.25) is 5.91 Å². The molecule has 11 heteroatoms. The van der Waals surface area contributed by atoms with Crippen molar-refractivity contribution < 1.29 is 18.0 Å². The minimum Gasteiger partial charge on any atom is -0.337 e. The van der Waals surface area contributed by atoms with E-state index in [1.165, 1.54) is 0 Å². The van der Waals surface area contributed by atoms with Gasteiger partial charge in [0.15, 0.2) is 10.8 Å². The summed E-state index contributed by atoms with van der Waals surface area (Å²) in [6.45, 7) is 0. The van der Waals surface area contributed by atoms with Crippen molar-refractivity contribution in [2.45, 2.75) is 42.6 Å². The number of nitrogens with zero attached hydrogens (tertiary/aromatic N) is 4. The molecule has 0 aromatic carbocycles. The predicted octanol–water partition coefficient (Wildman–Crippen LogP) is 3.45. The fraction of sp³-hybridized carbons (Fsp3) is 0.467. The third kappa shape index (κ3) is 3.73. The fourth-order valence-corrected chi connectivity index (χ4v) is 3.82. The number of aromatic nitrogens is 3. The first kappa shape index (κ1) is 18.8. The molecule has 0 unspecified atom stereocenters. The van der Waals surface area contributed by atoms with Crippen LogP contribution in [0.3, 0.4) is 0 Å². The van der Waals surface area contributed by atoms with Crippen LogP contribution >= 0.6 is 23.4 Å². The van der Waals surface area contributed by atoms with Crippen molar-refractivity contribution in [2.75, 3.05) is 5.75 Å². The summed E-state index contributed by atoms with van der Waals surface area (Å²) in [4.78, 5) is 12.1. The molecule has 0 radical (unpaired) electrons. The van der Waals surface area contributed by atoms with Gasteiger partial charge in [0.1, 0.15) is 5.54 Å². The molecule has 1 fully saturated rings. The van der Waals surface area contributed by atoms with Crippen LogP contribution in [0.1, 0.15) is 31.2 Å². The molecule has 0 saturated heterocycles. The lowest BCUT2D eigenvalue weighted by molar-refractivity contribution is -0.137. The molecular weight excluding hydrogens is 391 g/mol. The van der Waals surface area contributed by atoms with Gasteiger partial charge in [-0.05, 0) is 31.7 Å². The second kappa shape index (κ2) is 6.96. The minimum atomic E-state index is -4.57. The number of hydrogen-bond donors (Lipinski definition) is 1.